The maximum absolute atomic E-state index is 10.7. The van der Waals surface area contributed by atoms with Gasteiger partial charge in [0.2, 0.25) is 0 Å². The van der Waals surface area contributed by atoms with Crippen LogP contribution < -0.4 is 11.5 Å². The summed E-state index contributed by atoms with van der Waals surface area (Å²) in [5, 5.41) is 8.23. The van der Waals surface area contributed by atoms with Crippen molar-refractivity contribution in [3.8, 4) is 22.9 Å². The van der Waals surface area contributed by atoms with Crippen molar-refractivity contribution in [1.82, 2.24) is 43.9 Å². The molecule has 206 valence electrons. The zero-order chi connectivity index (χ0) is 28.6. The quantitative estimate of drug-likeness (QED) is 0.333. The van der Waals surface area contributed by atoms with Crippen molar-refractivity contribution >= 4 is 28.5 Å². The topological polar surface area (TPSA) is 161 Å². The molecule has 1 amide bonds. The van der Waals surface area contributed by atoms with E-state index in [2.05, 4.69) is 42.9 Å². The number of benzene rings is 1. The number of pyridine rings is 2. The van der Waals surface area contributed by atoms with Gasteiger partial charge in [-0.2, -0.15) is 10.2 Å². The SMILES string of the molecule is NC(=O)c1ccc2nccn2n1.Nc1ncccc1-c1nc2ccc(-n3cccn3)nc2n1-c1ccc2c(c1)CCC2. The number of imidazole rings is 2. The fourth-order valence-electron chi connectivity index (χ4n) is 5.15. The van der Waals surface area contributed by atoms with Gasteiger partial charge in [0.15, 0.2) is 22.9 Å². The number of hydrogen-bond donors (Lipinski definition) is 2. The normalized spacial score (nSPS) is 12.3. The third-order valence-corrected chi connectivity index (χ3v) is 7.16. The first-order valence-corrected chi connectivity index (χ1v) is 13.4. The summed E-state index contributed by atoms with van der Waals surface area (Å²) in [4.78, 5) is 28.7. The number of nitrogen functional groups attached to an aromatic ring is 1. The molecule has 1 aliphatic carbocycles. The molecule has 0 unspecified atom stereocenters. The van der Waals surface area contributed by atoms with Crippen LogP contribution in [0.15, 0.2) is 91.6 Å². The average Bonchev–Trinajstić information content (AvgIpc) is 3.82. The molecule has 6 heterocycles. The van der Waals surface area contributed by atoms with Gasteiger partial charge in [-0.05, 0) is 85.0 Å². The molecule has 42 heavy (non-hydrogen) atoms. The largest absolute Gasteiger partial charge is 0.383 e. The van der Waals surface area contributed by atoms with Crippen molar-refractivity contribution < 1.29 is 4.79 Å². The first kappa shape index (κ1) is 25.1. The molecule has 0 atom stereocenters. The van der Waals surface area contributed by atoms with Gasteiger partial charge in [-0.1, -0.05) is 6.07 Å². The van der Waals surface area contributed by atoms with E-state index in [0.29, 0.717) is 11.5 Å². The van der Waals surface area contributed by atoms with Crippen molar-refractivity contribution in [2.75, 3.05) is 5.73 Å². The Morgan fingerprint density at radius 2 is 1.76 bits per heavy atom. The van der Waals surface area contributed by atoms with Crippen LogP contribution in [0.1, 0.15) is 28.0 Å². The van der Waals surface area contributed by atoms with Crippen LogP contribution in [0.4, 0.5) is 5.82 Å². The fourth-order valence-corrected chi connectivity index (χ4v) is 5.15. The summed E-state index contributed by atoms with van der Waals surface area (Å²) in [5.41, 5.74) is 18.4. The third-order valence-electron chi connectivity index (χ3n) is 7.16. The Labute approximate surface area is 239 Å². The second-order valence-electron chi connectivity index (χ2n) is 9.79. The average molecular weight is 556 g/mol. The lowest BCUT2D eigenvalue weighted by atomic mass is 10.1. The van der Waals surface area contributed by atoms with E-state index in [4.69, 9.17) is 21.4 Å². The van der Waals surface area contributed by atoms with Gasteiger partial charge in [0.25, 0.3) is 5.91 Å². The van der Waals surface area contributed by atoms with Crippen LogP contribution in [0.3, 0.4) is 0 Å². The number of primary amides is 1. The second kappa shape index (κ2) is 10.2. The Balaban J connectivity index is 0.000000201. The second-order valence-corrected chi connectivity index (χ2v) is 9.79. The van der Waals surface area contributed by atoms with E-state index in [0.717, 1.165) is 46.9 Å². The predicted octanol–water partition coefficient (Wildman–Crippen LogP) is 3.57. The van der Waals surface area contributed by atoms with Crippen LogP contribution in [0.25, 0.3) is 39.7 Å². The molecule has 4 N–H and O–H groups in total. The highest BCUT2D eigenvalue weighted by Gasteiger charge is 2.20. The summed E-state index contributed by atoms with van der Waals surface area (Å²) in [5.74, 6) is 1.38. The molecule has 6 aromatic heterocycles. The number of aromatic nitrogens is 9. The zero-order valence-corrected chi connectivity index (χ0v) is 22.4. The van der Waals surface area contributed by atoms with Gasteiger partial charge in [-0.3, -0.25) is 9.36 Å². The molecule has 1 aromatic carbocycles. The molecular formula is C30H25N11O. The number of fused-ring (bicyclic) bond motifs is 3. The first-order valence-electron chi connectivity index (χ1n) is 13.4. The van der Waals surface area contributed by atoms with Gasteiger partial charge in [0.1, 0.15) is 17.0 Å². The van der Waals surface area contributed by atoms with Crippen LogP contribution >= 0.6 is 0 Å². The molecule has 12 heteroatoms. The van der Waals surface area contributed by atoms with Crippen molar-refractivity contribution in [2.24, 2.45) is 5.73 Å². The van der Waals surface area contributed by atoms with Crippen LogP contribution in [-0.2, 0) is 12.8 Å². The maximum atomic E-state index is 10.7. The molecule has 0 fully saturated rings. The van der Waals surface area contributed by atoms with E-state index in [-0.39, 0.29) is 5.69 Å². The van der Waals surface area contributed by atoms with Crippen LogP contribution in [0.2, 0.25) is 0 Å². The molecule has 0 aliphatic heterocycles. The highest BCUT2D eigenvalue weighted by atomic mass is 16.1. The number of rotatable bonds is 4. The van der Waals surface area contributed by atoms with Crippen LogP contribution in [0.5, 0.6) is 0 Å². The molecule has 0 saturated carbocycles. The van der Waals surface area contributed by atoms with E-state index in [1.807, 2.05) is 36.5 Å². The lowest BCUT2D eigenvalue weighted by Crippen LogP contribution is -2.14. The minimum absolute atomic E-state index is 0.237. The van der Waals surface area contributed by atoms with Gasteiger partial charge in [-0.25, -0.2) is 29.1 Å². The summed E-state index contributed by atoms with van der Waals surface area (Å²) >= 11 is 0. The van der Waals surface area contributed by atoms with Gasteiger partial charge >= 0.3 is 0 Å². The monoisotopic (exact) mass is 555 g/mol. The molecule has 1 aliphatic rings. The number of amides is 1. The van der Waals surface area contributed by atoms with Crippen LogP contribution in [0, 0.1) is 0 Å². The summed E-state index contributed by atoms with van der Waals surface area (Å²) in [6.07, 6.45) is 12.0. The molecule has 0 radical (unpaired) electrons. The van der Waals surface area contributed by atoms with Gasteiger partial charge in [0.05, 0.1) is 5.56 Å². The van der Waals surface area contributed by atoms with Gasteiger partial charge < -0.3 is 11.5 Å². The number of hydrogen-bond acceptors (Lipinski definition) is 8. The fraction of sp³-hybridized carbons (Fsp3) is 0.100. The van der Waals surface area contributed by atoms with Gasteiger partial charge in [0, 0.05) is 36.7 Å². The maximum Gasteiger partial charge on any atom is 0.269 e. The number of carbonyl (C=O) groups is 1. The van der Waals surface area contributed by atoms with Gasteiger partial charge in [-0.15, -0.1) is 0 Å². The highest BCUT2D eigenvalue weighted by Crippen LogP contribution is 2.32. The number of nitrogens with zero attached hydrogens (tertiary/aromatic N) is 9. The molecule has 8 rings (SSSR count). The Hall–Kier alpha value is -5.91. The lowest BCUT2D eigenvalue weighted by Gasteiger charge is -2.12. The zero-order valence-electron chi connectivity index (χ0n) is 22.4. The van der Waals surface area contributed by atoms with E-state index in [9.17, 15) is 4.79 Å². The molecule has 7 aromatic rings. The van der Waals surface area contributed by atoms with Crippen LogP contribution in [-0.4, -0.2) is 49.8 Å². The number of carbonyl (C=O) groups excluding carboxylic acids is 1. The third kappa shape index (κ3) is 4.50. The molecule has 0 saturated heterocycles. The van der Waals surface area contributed by atoms with Crippen molar-refractivity contribution in [3.05, 3.63) is 108 Å². The van der Waals surface area contributed by atoms with E-state index in [1.54, 1.807) is 41.6 Å². The highest BCUT2D eigenvalue weighted by molar-refractivity contribution is 5.90. The Morgan fingerprint density at radius 3 is 2.60 bits per heavy atom. The predicted molar refractivity (Wildman–Crippen MR) is 157 cm³/mol. The Kier molecular flexibility index (Phi) is 6.12. The number of aryl methyl sites for hydroxylation is 2. The Morgan fingerprint density at radius 1 is 0.857 bits per heavy atom. The minimum Gasteiger partial charge on any atom is -0.383 e. The summed E-state index contributed by atoms with van der Waals surface area (Å²) in [6.45, 7) is 0. The van der Waals surface area contributed by atoms with Crippen molar-refractivity contribution in [1.29, 1.82) is 0 Å². The number of nitrogens with two attached hydrogens (primary N) is 2. The van der Waals surface area contributed by atoms with Crippen molar-refractivity contribution in [2.45, 2.75) is 19.3 Å². The first-order chi connectivity index (χ1) is 20.5. The smallest absolute Gasteiger partial charge is 0.269 e. The summed E-state index contributed by atoms with van der Waals surface area (Å²) in [7, 11) is 0. The molecule has 0 bridgehead atoms. The van der Waals surface area contributed by atoms with E-state index >= 15 is 0 Å². The molecule has 0 spiro atoms. The lowest BCUT2D eigenvalue weighted by molar-refractivity contribution is 0.0994. The molecular weight excluding hydrogens is 530 g/mol. The Bertz CT molecular complexity index is 2070. The van der Waals surface area contributed by atoms with Crippen molar-refractivity contribution in [3.63, 3.8) is 0 Å². The van der Waals surface area contributed by atoms with E-state index in [1.165, 1.54) is 22.1 Å². The summed E-state index contributed by atoms with van der Waals surface area (Å²) < 4.78 is 5.33. The molecule has 12 nitrogen and oxygen atoms in total. The summed E-state index contributed by atoms with van der Waals surface area (Å²) in [6, 6.07) is 19.4. The van der Waals surface area contributed by atoms with E-state index < -0.39 is 5.91 Å². The standard InChI is InChI=1S/C23H19N7.C7H6N4O/c24-21-18(6-2-11-25-21)22-27-19-9-10-20(29-13-3-12-26-29)28-23(19)30(22)17-8-7-15-4-1-5-16(15)14-17;8-7(12)5-1-2-6-9-3-4-11(6)10-5/h2-3,6-14H,1,4-5H2,(H2,24,25);1-4H,(H2,8,12). The minimum atomic E-state index is -0.536. The number of anilines is 1.